The van der Waals surface area contributed by atoms with Crippen molar-refractivity contribution in [3.63, 3.8) is 0 Å². The SMILES string of the molecule is CC(C)c1ccc(-c2nc(-c3cccc(F)c3)[nH]c2-c2ccc(C(C)C)cc2)cc1. The second-order valence-electron chi connectivity index (χ2n) is 8.37. The molecule has 0 radical (unpaired) electrons. The fourth-order valence-corrected chi connectivity index (χ4v) is 3.62. The lowest BCUT2D eigenvalue weighted by Crippen LogP contribution is -1.89. The van der Waals surface area contributed by atoms with Crippen molar-refractivity contribution in [2.75, 3.05) is 0 Å². The summed E-state index contributed by atoms with van der Waals surface area (Å²) < 4.78 is 13.8. The van der Waals surface area contributed by atoms with Crippen molar-refractivity contribution < 1.29 is 4.39 Å². The lowest BCUT2D eigenvalue weighted by molar-refractivity contribution is 0.628. The number of rotatable bonds is 5. The molecule has 0 aliphatic carbocycles. The molecule has 0 saturated carbocycles. The van der Waals surface area contributed by atoms with Gasteiger partial charge in [-0.05, 0) is 35.1 Å². The molecular weight excluding hydrogens is 371 g/mol. The number of imidazole rings is 1. The molecular formula is C27H27FN2. The van der Waals surface area contributed by atoms with E-state index < -0.39 is 0 Å². The first kappa shape index (κ1) is 20.1. The molecule has 0 unspecified atom stereocenters. The molecule has 0 aliphatic rings. The van der Waals surface area contributed by atoms with Crippen molar-refractivity contribution in [3.05, 3.63) is 89.7 Å². The number of hydrogen-bond donors (Lipinski definition) is 1. The first-order valence-electron chi connectivity index (χ1n) is 10.5. The highest BCUT2D eigenvalue weighted by Gasteiger charge is 2.16. The average molecular weight is 399 g/mol. The summed E-state index contributed by atoms with van der Waals surface area (Å²) in [7, 11) is 0. The number of aromatic nitrogens is 2. The zero-order valence-electron chi connectivity index (χ0n) is 17.9. The molecule has 4 rings (SSSR count). The van der Waals surface area contributed by atoms with Gasteiger partial charge in [0.25, 0.3) is 0 Å². The number of benzene rings is 3. The molecule has 1 aromatic heterocycles. The van der Waals surface area contributed by atoms with E-state index in [1.165, 1.54) is 23.3 Å². The van der Waals surface area contributed by atoms with Gasteiger partial charge in [-0.1, -0.05) is 88.4 Å². The van der Waals surface area contributed by atoms with E-state index in [2.05, 4.69) is 81.2 Å². The molecule has 4 aromatic rings. The van der Waals surface area contributed by atoms with E-state index in [1.54, 1.807) is 6.07 Å². The Balaban J connectivity index is 1.84. The van der Waals surface area contributed by atoms with Crippen molar-refractivity contribution in [2.45, 2.75) is 39.5 Å². The van der Waals surface area contributed by atoms with Gasteiger partial charge in [-0.15, -0.1) is 0 Å². The summed E-state index contributed by atoms with van der Waals surface area (Å²) in [5.41, 5.74) is 7.26. The molecule has 0 spiro atoms. The summed E-state index contributed by atoms with van der Waals surface area (Å²) in [6, 6.07) is 23.7. The zero-order chi connectivity index (χ0) is 21.3. The molecule has 0 amide bonds. The number of nitrogens with zero attached hydrogens (tertiary/aromatic N) is 1. The molecule has 1 heterocycles. The Morgan fingerprint density at radius 3 is 1.80 bits per heavy atom. The predicted molar refractivity (Wildman–Crippen MR) is 123 cm³/mol. The van der Waals surface area contributed by atoms with Crippen molar-refractivity contribution in [1.29, 1.82) is 0 Å². The lowest BCUT2D eigenvalue weighted by Gasteiger charge is -2.09. The molecule has 0 atom stereocenters. The van der Waals surface area contributed by atoms with Crippen LogP contribution in [-0.4, -0.2) is 9.97 Å². The minimum atomic E-state index is -0.269. The maximum absolute atomic E-state index is 13.8. The first-order valence-corrected chi connectivity index (χ1v) is 10.5. The normalized spacial score (nSPS) is 11.4. The van der Waals surface area contributed by atoms with Crippen LogP contribution in [0.4, 0.5) is 4.39 Å². The molecule has 0 fully saturated rings. The van der Waals surface area contributed by atoms with Gasteiger partial charge in [0.1, 0.15) is 11.6 Å². The zero-order valence-corrected chi connectivity index (χ0v) is 17.9. The van der Waals surface area contributed by atoms with Gasteiger partial charge in [0.2, 0.25) is 0 Å². The lowest BCUT2D eigenvalue weighted by atomic mass is 9.97. The van der Waals surface area contributed by atoms with Crippen LogP contribution in [0.15, 0.2) is 72.8 Å². The topological polar surface area (TPSA) is 28.7 Å². The van der Waals surface area contributed by atoms with E-state index in [1.807, 2.05) is 6.07 Å². The standard InChI is InChI=1S/C27H27FN2/c1-17(2)19-8-12-21(13-9-19)25-26(22-14-10-20(11-15-22)18(3)4)30-27(29-25)23-6-5-7-24(28)16-23/h5-18H,1-4H3,(H,29,30). The number of H-pyrrole nitrogens is 1. The summed E-state index contributed by atoms with van der Waals surface area (Å²) in [5.74, 6) is 1.35. The monoisotopic (exact) mass is 398 g/mol. The van der Waals surface area contributed by atoms with Crippen LogP contribution < -0.4 is 0 Å². The Hall–Kier alpha value is -3.20. The van der Waals surface area contributed by atoms with Crippen LogP contribution >= 0.6 is 0 Å². The van der Waals surface area contributed by atoms with Crippen molar-refractivity contribution in [3.8, 4) is 33.9 Å². The minimum Gasteiger partial charge on any atom is -0.337 e. The van der Waals surface area contributed by atoms with Gasteiger partial charge >= 0.3 is 0 Å². The first-order chi connectivity index (χ1) is 14.4. The molecule has 0 saturated heterocycles. The van der Waals surface area contributed by atoms with Gasteiger partial charge in [0.15, 0.2) is 0 Å². The van der Waals surface area contributed by atoms with E-state index in [-0.39, 0.29) is 5.82 Å². The third-order valence-electron chi connectivity index (χ3n) is 5.52. The van der Waals surface area contributed by atoms with Crippen LogP contribution in [0.25, 0.3) is 33.9 Å². The van der Waals surface area contributed by atoms with Crippen molar-refractivity contribution in [1.82, 2.24) is 9.97 Å². The third kappa shape index (κ3) is 4.06. The molecule has 152 valence electrons. The summed E-state index contributed by atoms with van der Waals surface area (Å²) in [6.45, 7) is 8.75. The van der Waals surface area contributed by atoms with Gasteiger partial charge < -0.3 is 4.98 Å². The van der Waals surface area contributed by atoms with Crippen LogP contribution in [0, 0.1) is 5.82 Å². The maximum Gasteiger partial charge on any atom is 0.138 e. The largest absolute Gasteiger partial charge is 0.337 e. The molecule has 1 N–H and O–H groups in total. The fourth-order valence-electron chi connectivity index (χ4n) is 3.62. The minimum absolute atomic E-state index is 0.269. The van der Waals surface area contributed by atoms with Gasteiger partial charge in [-0.3, -0.25) is 0 Å². The van der Waals surface area contributed by atoms with Crippen molar-refractivity contribution in [2.24, 2.45) is 0 Å². The van der Waals surface area contributed by atoms with Gasteiger partial charge in [-0.25, -0.2) is 9.37 Å². The fraction of sp³-hybridized carbons (Fsp3) is 0.222. The smallest absolute Gasteiger partial charge is 0.138 e. The van der Waals surface area contributed by atoms with E-state index in [0.29, 0.717) is 17.7 Å². The second kappa shape index (κ2) is 8.27. The Bertz CT molecular complexity index is 1070. The van der Waals surface area contributed by atoms with E-state index in [0.717, 1.165) is 28.1 Å². The highest BCUT2D eigenvalue weighted by atomic mass is 19.1. The van der Waals surface area contributed by atoms with Crippen LogP contribution in [0.5, 0.6) is 0 Å². The summed E-state index contributed by atoms with van der Waals surface area (Å²) in [4.78, 5) is 8.33. The van der Waals surface area contributed by atoms with Gasteiger partial charge in [-0.2, -0.15) is 0 Å². The predicted octanol–water partition coefficient (Wildman–Crippen LogP) is 7.80. The quantitative estimate of drug-likeness (QED) is 0.365. The van der Waals surface area contributed by atoms with E-state index in [4.69, 9.17) is 4.98 Å². The number of hydrogen-bond acceptors (Lipinski definition) is 1. The second-order valence-corrected chi connectivity index (χ2v) is 8.37. The molecule has 0 aliphatic heterocycles. The molecule has 30 heavy (non-hydrogen) atoms. The Kier molecular flexibility index (Phi) is 5.54. The molecule has 2 nitrogen and oxygen atoms in total. The van der Waals surface area contributed by atoms with Gasteiger partial charge in [0.05, 0.1) is 11.4 Å². The molecule has 3 aromatic carbocycles. The van der Waals surface area contributed by atoms with Crippen molar-refractivity contribution >= 4 is 0 Å². The maximum atomic E-state index is 13.8. The average Bonchev–Trinajstić information content (AvgIpc) is 3.19. The van der Waals surface area contributed by atoms with Crippen LogP contribution in [0.1, 0.15) is 50.7 Å². The van der Waals surface area contributed by atoms with E-state index >= 15 is 0 Å². The van der Waals surface area contributed by atoms with Crippen LogP contribution in [-0.2, 0) is 0 Å². The molecule has 3 heteroatoms. The van der Waals surface area contributed by atoms with E-state index in [9.17, 15) is 4.39 Å². The Morgan fingerprint density at radius 2 is 1.27 bits per heavy atom. The highest BCUT2D eigenvalue weighted by Crippen LogP contribution is 2.34. The number of nitrogens with one attached hydrogen (secondary N) is 1. The summed E-state index contributed by atoms with van der Waals surface area (Å²) in [6.07, 6.45) is 0. The Morgan fingerprint density at radius 1 is 0.700 bits per heavy atom. The van der Waals surface area contributed by atoms with Crippen LogP contribution in [0.2, 0.25) is 0 Å². The number of halogens is 1. The highest BCUT2D eigenvalue weighted by molar-refractivity contribution is 5.81. The van der Waals surface area contributed by atoms with Gasteiger partial charge in [0, 0.05) is 16.7 Å². The summed E-state index contributed by atoms with van der Waals surface area (Å²) in [5, 5.41) is 0. The third-order valence-corrected chi connectivity index (χ3v) is 5.52. The Labute approximate surface area is 177 Å². The summed E-state index contributed by atoms with van der Waals surface area (Å²) >= 11 is 0. The van der Waals surface area contributed by atoms with Crippen LogP contribution in [0.3, 0.4) is 0 Å². The number of aromatic amines is 1. The molecule has 0 bridgehead atoms.